The zero-order chi connectivity index (χ0) is 10.4. The van der Waals surface area contributed by atoms with Crippen LogP contribution in [0.1, 0.15) is 18.4 Å². The summed E-state index contributed by atoms with van der Waals surface area (Å²) in [6.45, 7) is 3.27. The molecule has 1 aromatic rings. The van der Waals surface area contributed by atoms with Crippen LogP contribution in [0.4, 0.5) is 5.69 Å². The first-order valence-electron chi connectivity index (χ1n) is 5.08. The van der Waals surface area contributed by atoms with Gasteiger partial charge in [0.1, 0.15) is 0 Å². The van der Waals surface area contributed by atoms with Gasteiger partial charge in [0, 0.05) is 24.6 Å². The van der Waals surface area contributed by atoms with Crippen molar-refractivity contribution in [2.45, 2.75) is 19.8 Å². The third-order valence-electron chi connectivity index (χ3n) is 2.32. The highest BCUT2D eigenvalue weighted by atomic mass is 79.9. The van der Waals surface area contributed by atoms with Gasteiger partial charge in [-0.2, -0.15) is 0 Å². The highest BCUT2D eigenvalue weighted by Crippen LogP contribution is 2.14. The molecule has 78 valence electrons. The van der Waals surface area contributed by atoms with Crippen molar-refractivity contribution in [2.24, 2.45) is 0 Å². The van der Waals surface area contributed by atoms with Crippen LogP contribution in [0.5, 0.6) is 0 Å². The number of rotatable bonds is 5. The predicted molar refractivity (Wildman–Crippen MR) is 67.5 cm³/mol. The maximum Gasteiger partial charge on any atom is 0.0366 e. The van der Waals surface area contributed by atoms with E-state index in [4.69, 9.17) is 0 Å². The number of nitrogens with zero attached hydrogens (tertiary/aromatic N) is 1. The lowest BCUT2D eigenvalue weighted by Gasteiger charge is -2.19. The Morgan fingerprint density at radius 3 is 2.71 bits per heavy atom. The van der Waals surface area contributed by atoms with Crippen LogP contribution >= 0.6 is 15.9 Å². The number of halogens is 1. The van der Waals surface area contributed by atoms with Gasteiger partial charge < -0.3 is 4.90 Å². The average Bonchev–Trinajstić information content (AvgIpc) is 2.18. The summed E-state index contributed by atoms with van der Waals surface area (Å²) in [6.07, 6.45) is 2.49. The molecule has 0 radical (unpaired) electrons. The Labute approximate surface area is 95.2 Å². The molecular weight excluding hydrogens is 238 g/mol. The van der Waals surface area contributed by atoms with E-state index in [0.717, 1.165) is 11.9 Å². The standard InChI is InChI=1S/C12H18BrN/c1-11-6-5-7-12(10-11)14(2)9-4-3-8-13/h5-7,10H,3-4,8-9H2,1-2H3. The Morgan fingerprint density at radius 1 is 1.29 bits per heavy atom. The molecule has 0 aliphatic carbocycles. The lowest BCUT2D eigenvalue weighted by atomic mass is 10.2. The summed E-state index contributed by atoms with van der Waals surface area (Å²) in [7, 11) is 2.16. The normalized spacial score (nSPS) is 10.2. The minimum atomic E-state index is 1.11. The van der Waals surface area contributed by atoms with Gasteiger partial charge in [-0.25, -0.2) is 0 Å². The third-order valence-corrected chi connectivity index (χ3v) is 2.88. The number of anilines is 1. The quantitative estimate of drug-likeness (QED) is 0.574. The van der Waals surface area contributed by atoms with E-state index >= 15 is 0 Å². The fourth-order valence-electron chi connectivity index (χ4n) is 1.44. The highest BCUT2D eigenvalue weighted by Gasteiger charge is 1.99. The molecule has 0 heterocycles. The second kappa shape index (κ2) is 6.07. The van der Waals surface area contributed by atoms with Crippen molar-refractivity contribution in [1.82, 2.24) is 0 Å². The number of alkyl halides is 1. The van der Waals surface area contributed by atoms with Gasteiger partial charge in [-0.1, -0.05) is 28.1 Å². The van der Waals surface area contributed by atoms with Crippen molar-refractivity contribution in [3.05, 3.63) is 29.8 Å². The maximum absolute atomic E-state index is 3.45. The average molecular weight is 256 g/mol. The van der Waals surface area contributed by atoms with Gasteiger partial charge in [0.15, 0.2) is 0 Å². The zero-order valence-electron chi connectivity index (χ0n) is 8.96. The molecule has 0 atom stereocenters. The van der Waals surface area contributed by atoms with E-state index < -0.39 is 0 Å². The van der Waals surface area contributed by atoms with Crippen molar-refractivity contribution >= 4 is 21.6 Å². The fourth-order valence-corrected chi connectivity index (χ4v) is 1.83. The minimum Gasteiger partial charge on any atom is -0.375 e. The summed E-state index contributed by atoms with van der Waals surface area (Å²) in [5, 5.41) is 1.11. The molecule has 0 bridgehead atoms. The molecule has 1 rings (SSSR count). The molecule has 1 nitrogen and oxygen atoms in total. The van der Waals surface area contributed by atoms with Crippen LogP contribution in [0.3, 0.4) is 0 Å². The maximum atomic E-state index is 3.45. The Bertz CT molecular complexity index is 273. The van der Waals surface area contributed by atoms with Crippen LogP contribution < -0.4 is 4.90 Å². The molecule has 0 aliphatic heterocycles. The van der Waals surface area contributed by atoms with Crippen molar-refractivity contribution in [2.75, 3.05) is 23.8 Å². The van der Waals surface area contributed by atoms with Crippen molar-refractivity contribution in [1.29, 1.82) is 0 Å². The fraction of sp³-hybridized carbons (Fsp3) is 0.500. The van der Waals surface area contributed by atoms with E-state index in [1.807, 2.05) is 0 Å². The van der Waals surface area contributed by atoms with Gasteiger partial charge in [-0.15, -0.1) is 0 Å². The van der Waals surface area contributed by atoms with E-state index in [-0.39, 0.29) is 0 Å². The molecule has 1 aromatic carbocycles. The van der Waals surface area contributed by atoms with Crippen LogP contribution in [-0.4, -0.2) is 18.9 Å². The molecular formula is C12H18BrN. The van der Waals surface area contributed by atoms with Crippen molar-refractivity contribution < 1.29 is 0 Å². The number of unbranched alkanes of at least 4 members (excludes halogenated alkanes) is 1. The molecule has 0 fully saturated rings. The van der Waals surface area contributed by atoms with Crippen molar-refractivity contribution in [3.63, 3.8) is 0 Å². The first kappa shape index (κ1) is 11.6. The van der Waals surface area contributed by atoms with E-state index in [0.29, 0.717) is 0 Å². The largest absolute Gasteiger partial charge is 0.375 e. The van der Waals surface area contributed by atoms with E-state index in [2.05, 4.69) is 59.1 Å². The minimum absolute atomic E-state index is 1.11. The highest BCUT2D eigenvalue weighted by molar-refractivity contribution is 9.09. The summed E-state index contributed by atoms with van der Waals surface area (Å²) >= 11 is 3.45. The first-order valence-corrected chi connectivity index (χ1v) is 6.20. The predicted octanol–water partition coefficient (Wildman–Crippen LogP) is 3.61. The molecule has 0 saturated carbocycles. The van der Waals surface area contributed by atoms with Gasteiger partial charge in [0.25, 0.3) is 0 Å². The summed E-state index contributed by atoms with van der Waals surface area (Å²) in [6, 6.07) is 8.65. The molecule has 0 aliphatic rings. The Kier molecular flexibility index (Phi) is 5.02. The molecule has 0 amide bonds. The van der Waals surface area contributed by atoms with Crippen LogP contribution in [0, 0.1) is 6.92 Å². The molecule has 14 heavy (non-hydrogen) atoms. The topological polar surface area (TPSA) is 3.24 Å². The van der Waals surface area contributed by atoms with E-state index in [9.17, 15) is 0 Å². The zero-order valence-corrected chi connectivity index (χ0v) is 10.5. The summed E-state index contributed by atoms with van der Waals surface area (Å²) in [5.74, 6) is 0. The molecule has 0 N–H and O–H groups in total. The smallest absolute Gasteiger partial charge is 0.0366 e. The lowest BCUT2D eigenvalue weighted by molar-refractivity contribution is 0.774. The summed E-state index contributed by atoms with van der Waals surface area (Å²) in [4.78, 5) is 2.32. The molecule has 0 spiro atoms. The van der Waals surface area contributed by atoms with Gasteiger partial charge in [-0.05, 0) is 37.5 Å². The van der Waals surface area contributed by atoms with Crippen LogP contribution in [0.25, 0.3) is 0 Å². The summed E-state index contributed by atoms with van der Waals surface area (Å²) < 4.78 is 0. The summed E-state index contributed by atoms with van der Waals surface area (Å²) in [5.41, 5.74) is 2.65. The Hall–Kier alpha value is -0.500. The lowest BCUT2D eigenvalue weighted by Crippen LogP contribution is -2.18. The number of hydrogen-bond acceptors (Lipinski definition) is 1. The number of hydrogen-bond donors (Lipinski definition) is 0. The molecule has 0 aromatic heterocycles. The SMILES string of the molecule is Cc1cccc(N(C)CCCCBr)c1. The Morgan fingerprint density at radius 2 is 2.07 bits per heavy atom. The van der Waals surface area contributed by atoms with Crippen LogP contribution in [0.2, 0.25) is 0 Å². The van der Waals surface area contributed by atoms with Gasteiger partial charge in [0.05, 0.1) is 0 Å². The van der Waals surface area contributed by atoms with Crippen LogP contribution in [0.15, 0.2) is 24.3 Å². The number of benzene rings is 1. The second-order valence-corrected chi connectivity index (χ2v) is 4.45. The Balaban J connectivity index is 2.47. The molecule has 2 heteroatoms. The first-order chi connectivity index (χ1) is 6.74. The van der Waals surface area contributed by atoms with E-state index in [1.165, 1.54) is 24.1 Å². The van der Waals surface area contributed by atoms with E-state index in [1.54, 1.807) is 0 Å². The van der Waals surface area contributed by atoms with Crippen molar-refractivity contribution in [3.8, 4) is 0 Å². The molecule has 0 saturated heterocycles. The number of aryl methyl sites for hydroxylation is 1. The second-order valence-electron chi connectivity index (χ2n) is 3.66. The van der Waals surface area contributed by atoms with Gasteiger partial charge in [-0.3, -0.25) is 0 Å². The van der Waals surface area contributed by atoms with Crippen LogP contribution in [-0.2, 0) is 0 Å². The van der Waals surface area contributed by atoms with Gasteiger partial charge >= 0.3 is 0 Å². The monoisotopic (exact) mass is 255 g/mol. The third kappa shape index (κ3) is 3.70. The van der Waals surface area contributed by atoms with Gasteiger partial charge in [0.2, 0.25) is 0 Å². The molecule has 0 unspecified atom stereocenters.